The van der Waals surface area contributed by atoms with Crippen LogP contribution in [0, 0.1) is 17.0 Å². The fraction of sp³-hybridized carbons (Fsp3) is 0.692. The molecule has 1 heterocycles. The van der Waals surface area contributed by atoms with E-state index in [2.05, 4.69) is 15.3 Å². The molecule has 112 valence electrons. The number of aromatic nitrogens is 2. The summed E-state index contributed by atoms with van der Waals surface area (Å²) in [6, 6.07) is 0. The first-order chi connectivity index (χ1) is 9.54. The molecular formula is C13H23N5O2. The molecule has 0 saturated heterocycles. The predicted molar refractivity (Wildman–Crippen MR) is 80.4 cm³/mol. The van der Waals surface area contributed by atoms with Crippen molar-refractivity contribution in [2.45, 2.75) is 40.5 Å². The number of nitro groups is 1. The van der Waals surface area contributed by atoms with Gasteiger partial charge in [-0.05, 0) is 26.7 Å². The fourth-order valence-electron chi connectivity index (χ4n) is 2.09. The number of hydrogen-bond acceptors (Lipinski definition) is 6. The monoisotopic (exact) mass is 281 g/mol. The van der Waals surface area contributed by atoms with Crippen LogP contribution in [0.5, 0.6) is 0 Å². The largest absolute Gasteiger partial charge is 0.354 e. The van der Waals surface area contributed by atoms with Crippen LogP contribution >= 0.6 is 0 Å². The summed E-state index contributed by atoms with van der Waals surface area (Å²) in [5.41, 5.74) is 0.404. The third-order valence-corrected chi connectivity index (χ3v) is 2.84. The molecule has 0 fully saturated rings. The van der Waals surface area contributed by atoms with E-state index in [1.807, 2.05) is 25.7 Å². The standard InChI is InChI=1S/C13H23N5O2/c1-5-8-17(9-6-2)12-11(18(19)20)10(4)15-13(16-12)14-7-3/h5-9H2,1-4H3,(H,14,15,16). The van der Waals surface area contributed by atoms with Crippen LogP contribution in [0.25, 0.3) is 0 Å². The zero-order chi connectivity index (χ0) is 15.1. The van der Waals surface area contributed by atoms with Gasteiger partial charge < -0.3 is 10.2 Å². The van der Waals surface area contributed by atoms with Gasteiger partial charge in [-0.25, -0.2) is 4.98 Å². The minimum atomic E-state index is -0.390. The topological polar surface area (TPSA) is 84.2 Å². The Morgan fingerprint density at radius 2 is 1.80 bits per heavy atom. The van der Waals surface area contributed by atoms with Crippen molar-refractivity contribution in [2.75, 3.05) is 29.9 Å². The molecule has 1 N–H and O–H groups in total. The summed E-state index contributed by atoms with van der Waals surface area (Å²) >= 11 is 0. The van der Waals surface area contributed by atoms with Gasteiger partial charge >= 0.3 is 5.69 Å². The maximum absolute atomic E-state index is 11.3. The van der Waals surface area contributed by atoms with Gasteiger partial charge in [0.05, 0.1) is 4.92 Å². The predicted octanol–water partition coefficient (Wildman–Crippen LogP) is 2.75. The molecule has 0 spiro atoms. The second kappa shape index (κ2) is 7.62. The molecule has 1 aromatic rings. The molecule has 0 aliphatic heterocycles. The van der Waals surface area contributed by atoms with Crippen molar-refractivity contribution in [1.29, 1.82) is 0 Å². The van der Waals surface area contributed by atoms with Crippen LogP contribution in [0.2, 0.25) is 0 Å². The highest BCUT2D eigenvalue weighted by Gasteiger charge is 2.25. The van der Waals surface area contributed by atoms with Gasteiger partial charge in [-0.3, -0.25) is 10.1 Å². The summed E-state index contributed by atoms with van der Waals surface area (Å²) in [6.07, 6.45) is 1.83. The van der Waals surface area contributed by atoms with Gasteiger partial charge in [-0.15, -0.1) is 0 Å². The first kappa shape index (κ1) is 16.1. The van der Waals surface area contributed by atoms with Crippen molar-refractivity contribution in [1.82, 2.24) is 9.97 Å². The van der Waals surface area contributed by atoms with E-state index in [9.17, 15) is 10.1 Å². The number of rotatable bonds is 8. The second-order valence-electron chi connectivity index (χ2n) is 4.58. The Labute approximate surface area is 119 Å². The van der Waals surface area contributed by atoms with E-state index in [1.54, 1.807) is 6.92 Å². The molecule has 7 nitrogen and oxygen atoms in total. The number of nitrogens with zero attached hydrogens (tertiary/aromatic N) is 4. The molecule has 0 saturated carbocycles. The third-order valence-electron chi connectivity index (χ3n) is 2.84. The Balaban J connectivity index is 3.32. The Hall–Kier alpha value is -1.92. The van der Waals surface area contributed by atoms with Gasteiger partial charge in [0.15, 0.2) is 0 Å². The quantitative estimate of drug-likeness (QED) is 0.582. The molecule has 0 aromatic carbocycles. The van der Waals surface area contributed by atoms with E-state index in [4.69, 9.17) is 0 Å². The van der Waals surface area contributed by atoms with E-state index in [0.29, 0.717) is 24.0 Å². The van der Waals surface area contributed by atoms with Gasteiger partial charge in [-0.2, -0.15) is 4.98 Å². The Kier molecular flexibility index (Phi) is 6.14. The number of hydrogen-bond donors (Lipinski definition) is 1. The van der Waals surface area contributed by atoms with E-state index < -0.39 is 4.92 Å². The molecule has 0 atom stereocenters. The Morgan fingerprint density at radius 1 is 1.20 bits per heavy atom. The Morgan fingerprint density at radius 3 is 2.25 bits per heavy atom. The van der Waals surface area contributed by atoms with Gasteiger partial charge in [-0.1, -0.05) is 13.8 Å². The average molecular weight is 281 g/mol. The maximum Gasteiger partial charge on any atom is 0.332 e. The summed E-state index contributed by atoms with van der Waals surface area (Å²) in [5, 5.41) is 14.3. The zero-order valence-corrected chi connectivity index (χ0v) is 12.6. The third kappa shape index (κ3) is 3.79. The van der Waals surface area contributed by atoms with Crippen LogP contribution < -0.4 is 10.2 Å². The molecule has 0 unspecified atom stereocenters. The first-order valence-electron chi connectivity index (χ1n) is 7.06. The van der Waals surface area contributed by atoms with Gasteiger partial charge in [0.25, 0.3) is 0 Å². The maximum atomic E-state index is 11.3. The lowest BCUT2D eigenvalue weighted by Gasteiger charge is -2.23. The van der Waals surface area contributed by atoms with Gasteiger partial charge in [0.1, 0.15) is 5.69 Å². The lowest BCUT2D eigenvalue weighted by atomic mass is 10.3. The van der Waals surface area contributed by atoms with Crippen molar-refractivity contribution in [3.63, 3.8) is 0 Å². The highest BCUT2D eigenvalue weighted by Crippen LogP contribution is 2.30. The van der Waals surface area contributed by atoms with E-state index in [0.717, 1.165) is 25.9 Å². The summed E-state index contributed by atoms with van der Waals surface area (Å²) in [4.78, 5) is 21.4. The van der Waals surface area contributed by atoms with Crippen molar-refractivity contribution in [3.05, 3.63) is 15.8 Å². The van der Waals surface area contributed by atoms with Crippen LogP contribution in [0.3, 0.4) is 0 Å². The molecule has 0 aliphatic rings. The molecule has 0 amide bonds. The van der Waals surface area contributed by atoms with Crippen LogP contribution in [-0.2, 0) is 0 Å². The molecule has 0 radical (unpaired) electrons. The number of anilines is 2. The summed E-state index contributed by atoms with van der Waals surface area (Å²) in [5.74, 6) is 0.866. The normalized spacial score (nSPS) is 10.4. The Bertz CT molecular complexity index is 458. The first-order valence-corrected chi connectivity index (χ1v) is 7.06. The summed E-state index contributed by atoms with van der Waals surface area (Å²) in [7, 11) is 0. The summed E-state index contributed by atoms with van der Waals surface area (Å²) < 4.78 is 0. The van der Waals surface area contributed by atoms with E-state index in [1.165, 1.54) is 0 Å². The van der Waals surface area contributed by atoms with Crippen molar-refractivity contribution >= 4 is 17.5 Å². The summed E-state index contributed by atoms with van der Waals surface area (Å²) in [6.45, 7) is 9.86. The van der Waals surface area contributed by atoms with Crippen LogP contribution in [0.1, 0.15) is 39.3 Å². The highest BCUT2D eigenvalue weighted by molar-refractivity contribution is 5.62. The molecule has 7 heteroatoms. The molecule has 0 bridgehead atoms. The van der Waals surface area contributed by atoms with Crippen molar-refractivity contribution < 1.29 is 4.92 Å². The fourth-order valence-corrected chi connectivity index (χ4v) is 2.09. The second-order valence-corrected chi connectivity index (χ2v) is 4.58. The number of nitrogens with one attached hydrogen (secondary N) is 1. The smallest absolute Gasteiger partial charge is 0.332 e. The SMILES string of the molecule is CCCN(CCC)c1nc(NCC)nc(C)c1[N+](=O)[O-]. The van der Waals surface area contributed by atoms with E-state index in [-0.39, 0.29) is 5.69 Å². The minimum Gasteiger partial charge on any atom is -0.354 e. The van der Waals surface area contributed by atoms with Gasteiger partial charge in [0, 0.05) is 19.6 Å². The lowest BCUT2D eigenvalue weighted by Crippen LogP contribution is -2.27. The van der Waals surface area contributed by atoms with Crippen LogP contribution in [0.4, 0.5) is 17.5 Å². The lowest BCUT2D eigenvalue weighted by molar-refractivity contribution is -0.385. The highest BCUT2D eigenvalue weighted by atomic mass is 16.6. The minimum absolute atomic E-state index is 0.00792. The zero-order valence-electron chi connectivity index (χ0n) is 12.6. The molecule has 1 rings (SSSR count). The van der Waals surface area contributed by atoms with Crippen LogP contribution in [0.15, 0.2) is 0 Å². The van der Waals surface area contributed by atoms with Crippen molar-refractivity contribution in [3.8, 4) is 0 Å². The van der Waals surface area contributed by atoms with E-state index >= 15 is 0 Å². The average Bonchev–Trinajstić information content (AvgIpc) is 2.37. The van der Waals surface area contributed by atoms with Crippen LogP contribution in [-0.4, -0.2) is 34.5 Å². The number of aryl methyl sites for hydroxylation is 1. The van der Waals surface area contributed by atoms with Gasteiger partial charge in [0.2, 0.25) is 11.8 Å². The molecule has 0 aliphatic carbocycles. The molecule has 20 heavy (non-hydrogen) atoms. The molecule has 1 aromatic heterocycles. The molecular weight excluding hydrogens is 258 g/mol. The van der Waals surface area contributed by atoms with Crippen molar-refractivity contribution in [2.24, 2.45) is 0 Å².